The van der Waals surface area contributed by atoms with Crippen LogP contribution >= 0.6 is 15.9 Å². The molecule has 1 aliphatic carbocycles. The van der Waals surface area contributed by atoms with Crippen LogP contribution in [0, 0.1) is 17.8 Å². The first-order valence-electron chi connectivity index (χ1n) is 7.36. The van der Waals surface area contributed by atoms with Crippen molar-refractivity contribution in [3.63, 3.8) is 0 Å². The minimum absolute atomic E-state index is 0.166. The van der Waals surface area contributed by atoms with Gasteiger partial charge in [-0.1, -0.05) is 29.8 Å². The average molecular weight is 339 g/mol. The highest BCUT2D eigenvalue weighted by Gasteiger charge is 2.30. The molecule has 0 spiro atoms. The molecule has 2 nitrogen and oxygen atoms in total. The van der Waals surface area contributed by atoms with Crippen LogP contribution in [0.4, 0.5) is 0 Å². The van der Waals surface area contributed by atoms with Gasteiger partial charge >= 0.3 is 0 Å². The lowest BCUT2D eigenvalue weighted by atomic mass is 9.73. The molecular weight excluding hydrogens is 316 g/mol. The quantitative estimate of drug-likeness (QED) is 0.799. The molecule has 0 bridgehead atoms. The molecule has 20 heavy (non-hydrogen) atoms. The standard InChI is InChI=1S/C17H23BrO2/c1-11(2)12-4-7-17(19)14(8-12)9-13-10-15(20-3)5-6-16(13)18/h5-6,10-12,14H,4,7-9H2,1-3H3. The number of carbonyl (C=O) groups is 1. The minimum Gasteiger partial charge on any atom is -0.497 e. The molecule has 0 heterocycles. The number of ketones is 1. The zero-order chi connectivity index (χ0) is 14.7. The van der Waals surface area contributed by atoms with Crippen molar-refractivity contribution < 1.29 is 9.53 Å². The summed E-state index contributed by atoms with van der Waals surface area (Å²) in [6, 6.07) is 5.98. The fourth-order valence-corrected chi connectivity index (χ4v) is 3.46. The summed E-state index contributed by atoms with van der Waals surface area (Å²) in [6.45, 7) is 4.53. The molecule has 0 radical (unpaired) electrons. The molecule has 1 fully saturated rings. The first kappa shape index (κ1) is 15.6. The van der Waals surface area contributed by atoms with E-state index >= 15 is 0 Å². The first-order valence-corrected chi connectivity index (χ1v) is 8.15. The van der Waals surface area contributed by atoms with Crippen molar-refractivity contribution in [1.29, 1.82) is 0 Å². The van der Waals surface area contributed by atoms with Crippen molar-refractivity contribution in [2.24, 2.45) is 17.8 Å². The Morgan fingerprint density at radius 3 is 2.80 bits per heavy atom. The maximum atomic E-state index is 12.2. The molecule has 0 aromatic heterocycles. The lowest BCUT2D eigenvalue weighted by Gasteiger charge is -2.31. The SMILES string of the molecule is COc1ccc(Br)c(CC2CC(C(C)C)CCC2=O)c1. The molecule has 1 aromatic rings. The van der Waals surface area contributed by atoms with Gasteiger partial charge in [0.1, 0.15) is 11.5 Å². The van der Waals surface area contributed by atoms with Gasteiger partial charge in [0.25, 0.3) is 0 Å². The zero-order valence-electron chi connectivity index (χ0n) is 12.5. The van der Waals surface area contributed by atoms with Crippen molar-refractivity contribution in [3.8, 4) is 5.75 Å². The van der Waals surface area contributed by atoms with Crippen LogP contribution < -0.4 is 4.74 Å². The van der Waals surface area contributed by atoms with Gasteiger partial charge in [-0.05, 0) is 54.9 Å². The fraction of sp³-hybridized carbons (Fsp3) is 0.588. The van der Waals surface area contributed by atoms with Gasteiger partial charge in [0.2, 0.25) is 0 Å². The molecule has 2 unspecified atom stereocenters. The molecular formula is C17H23BrO2. The van der Waals surface area contributed by atoms with E-state index in [1.165, 1.54) is 5.56 Å². The Kier molecular flexibility index (Phi) is 5.25. The molecule has 1 aromatic carbocycles. The molecule has 1 saturated carbocycles. The number of halogens is 1. The topological polar surface area (TPSA) is 26.3 Å². The van der Waals surface area contributed by atoms with Crippen molar-refractivity contribution in [2.75, 3.05) is 7.11 Å². The lowest BCUT2D eigenvalue weighted by Crippen LogP contribution is -2.29. The monoisotopic (exact) mass is 338 g/mol. The molecule has 0 aliphatic heterocycles. The maximum Gasteiger partial charge on any atom is 0.136 e. The van der Waals surface area contributed by atoms with Crippen molar-refractivity contribution >= 4 is 21.7 Å². The summed E-state index contributed by atoms with van der Waals surface area (Å²) >= 11 is 3.58. The van der Waals surface area contributed by atoms with Crippen LogP contribution in [-0.4, -0.2) is 12.9 Å². The smallest absolute Gasteiger partial charge is 0.136 e. The van der Waals surface area contributed by atoms with Gasteiger partial charge < -0.3 is 4.74 Å². The van der Waals surface area contributed by atoms with Crippen LogP contribution in [0.15, 0.2) is 22.7 Å². The largest absolute Gasteiger partial charge is 0.497 e. The van der Waals surface area contributed by atoms with Crippen LogP contribution in [-0.2, 0) is 11.2 Å². The summed E-state index contributed by atoms with van der Waals surface area (Å²) in [7, 11) is 1.67. The second kappa shape index (κ2) is 6.75. The Balaban J connectivity index is 2.13. The summed E-state index contributed by atoms with van der Waals surface area (Å²) in [5.74, 6) is 2.80. The molecule has 2 rings (SSSR count). The molecule has 3 heteroatoms. The average Bonchev–Trinajstić information content (AvgIpc) is 2.43. The summed E-state index contributed by atoms with van der Waals surface area (Å²) in [6.07, 6.45) is 3.65. The Morgan fingerprint density at radius 2 is 2.15 bits per heavy atom. The van der Waals surface area contributed by atoms with E-state index in [-0.39, 0.29) is 5.92 Å². The number of hydrogen-bond donors (Lipinski definition) is 0. The minimum atomic E-state index is 0.166. The van der Waals surface area contributed by atoms with Gasteiger partial charge in [-0.2, -0.15) is 0 Å². The Labute approximate surface area is 130 Å². The van der Waals surface area contributed by atoms with Crippen LogP contribution in [0.25, 0.3) is 0 Å². The number of benzene rings is 1. The first-order chi connectivity index (χ1) is 9.51. The van der Waals surface area contributed by atoms with E-state index in [0.29, 0.717) is 17.6 Å². The summed E-state index contributed by atoms with van der Waals surface area (Å²) in [4.78, 5) is 12.2. The zero-order valence-corrected chi connectivity index (χ0v) is 14.1. The van der Waals surface area contributed by atoms with E-state index in [0.717, 1.165) is 35.9 Å². The highest BCUT2D eigenvalue weighted by Crippen LogP contribution is 2.35. The molecule has 1 aliphatic rings. The van der Waals surface area contributed by atoms with Gasteiger partial charge in [-0.3, -0.25) is 4.79 Å². The number of carbonyl (C=O) groups excluding carboxylic acids is 1. The van der Waals surface area contributed by atoms with Gasteiger partial charge in [0, 0.05) is 16.8 Å². The van der Waals surface area contributed by atoms with Crippen LogP contribution in [0.1, 0.15) is 38.7 Å². The van der Waals surface area contributed by atoms with E-state index in [9.17, 15) is 4.79 Å². The third-order valence-electron chi connectivity index (χ3n) is 4.47. The number of hydrogen-bond acceptors (Lipinski definition) is 2. The predicted octanol–water partition coefficient (Wildman–Crippen LogP) is 4.64. The van der Waals surface area contributed by atoms with Crippen LogP contribution in [0.5, 0.6) is 5.75 Å². The van der Waals surface area contributed by atoms with E-state index in [1.54, 1.807) is 7.11 Å². The Hall–Kier alpha value is -0.830. The maximum absolute atomic E-state index is 12.2. The van der Waals surface area contributed by atoms with Gasteiger partial charge in [-0.15, -0.1) is 0 Å². The third-order valence-corrected chi connectivity index (χ3v) is 5.24. The van der Waals surface area contributed by atoms with Crippen molar-refractivity contribution in [3.05, 3.63) is 28.2 Å². The number of methoxy groups -OCH3 is 1. The summed E-state index contributed by atoms with van der Waals surface area (Å²) < 4.78 is 6.35. The van der Waals surface area contributed by atoms with E-state index in [2.05, 4.69) is 29.8 Å². The number of ether oxygens (including phenoxy) is 1. The van der Waals surface area contributed by atoms with Gasteiger partial charge in [0.15, 0.2) is 0 Å². The van der Waals surface area contributed by atoms with Crippen molar-refractivity contribution in [2.45, 2.75) is 39.5 Å². The molecule has 0 N–H and O–H groups in total. The van der Waals surface area contributed by atoms with Gasteiger partial charge in [0.05, 0.1) is 7.11 Å². The summed E-state index contributed by atoms with van der Waals surface area (Å²) in [5, 5.41) is 0. The predicted molar refractivity (Wildman–Crippen MR) is 85.1 cm³/mol. The third kappa shape index (κ3) is 3.63. The van der Waals surface area contributed by atoms with E-state index in [4.69, 9.17) is 4.74 Å². The molecule has 110 valence electrons. The molecule has 0 saturated heterocycles. The van der Waals surface area contributed by atoms with E-state index in [1.807, 2.05) is 18.2 Å². The second-order valence-electron chi connectivity index (χ2n) is 6.10. The number of rotatable bonds is 4. The van der Waals surface area contributed by atoms with Gasteiger partial charge in [-0.25, -0.2) is 0 Å². The Bertz CT molecular complexity index is 482. The normalized spacial score (nSPS) is 23.1. The number of Topliss-reactive ketones (excluding diaryl/α,β-unsaturated/α-hetero) is 1. The fourth-order valence-electron chi connectivity index (χ4n) is 3.05. The Morgan fingerprint density at radius 1 is 1.40 bits per heavy atom. The molecule has 0 amide bonds. The summed E-state index contributed by atoms with van der Waals surface area (Å²) in [5.41, 5.74) is 1.17. The second-order valence-corrected chi connectivity index (χ2v) is 6.96. The lowest BCUT2D eigenvalue weighted by molar-refractivity contribution is -0.125. The van der Waals surface area contributed by atoms with Crippen LogP contribution in [0.3, 0.4) is 0 Å². The highest BCUT2D eigenvalue weighted by molar-refractivity contribution is 9.10. The highest BCUT2D eigenvalue weighted by atomic mass is 79.9. The molecule has 2 atom stereocenters. The van der Waals surface area contributed by atoms with Crippen LogP contribution in [0.2, 0.25) is 0 Å². The van der Waals surface area contributed by atoms with E-state index < -0.39 is 0 Å². The van der Waals surface area contributed by atoms with Crippen molar-refractivity contribution in [1.82, 2.24) is 0 Å².